The van der Waals surface area contributed by atoms with Crippen LogP contribution in [0.25, 0.3) is 0 Å². The summed E-state index contributed by atoms with van der Waals surface area (Å²) in [5.41, 5.74) is 5.67. The van der Waals surface area contributed by atoms with E-state index in [1.54, 1.807) is 0 Å². The summed E-state index contributed by atoms with van der Waals surface area (Å²) in [4.78, 5) is 11.5. The lowest BCUT2D eigenvalue weighted by Crippen LogP contribution is -2.45. The average Bonchev–Trinajstić information content (AvgIpc) is 2.21. The molecule has 4 heteroatoms. The summed E-state index contributed by atoms with van der Waals surface area (Å²) in [5, 5.41) is 3.04. The van der Waals surface area contributed by atoms with E-state index in [0.29, 0.717) is 13.0 Å². The van der Waals surface area contributed by atoms with Gasteiger partial charge < -0.3 is 15.8 Å². The zero-order valence-electron chi connectivity index (χ0n) is 16.9. The second-order valence-corrected chi connectivity index (χ2v) is 9.65. The highest BCUT2D eigenvalue weighted by Gasteiger charge is 2.33. The quantitative estimate of drug-likeness (QED) is 0.636. The highest BCUT2D eigenvalue weighted by molar-refractivity contribution is 5.76. The van der Waals surface area contributed by atoms with Gasteiger partial charge in [0.1, 0.15) is 0 Å². The van der Waals surface area contributed by atoms with E-state index in [0.717, 1.165) is 19.3 Å². The Hall–Kier alpha value is -0.610. The molecule has 0 radical (unpaired) electrons. The summed E-state index contributed by atoms with van der Waals surface area (Å²) in [6.45, 7) is 19.5. The van der Waals surface area contributed by atoms with Crippen molar-refractivity contribution in [2.75, 3.05) is 6.61 Å². The molecule has 0 aromatic carbocycles. The summed E-state index contributed by atoms with van der Waals surface area (Å²) in [7, 11) is 0. The van der Waals surface area contributed by atoms with Crippen molar-refractivity contribution in [2.45, 2.75) is 105 Å². The molecule has 0 aromatic heterocycles. The number of ether oxygens (including phenoxy) is 1. The molecule has 0 fully saturated rings. The minimum atomic E-state index is -0.238. The van der Waals surface area contributed by atoms with Gasteiger partial charge in [0.15, 0.2) is 0 Å². The normalized spacial score (nSPS) is 14.0. The van der Waals surface area contributed by atoms with Crippen molar-refractivity contribution in [2.24, 2.45) is 11.1 Å². The smallest absolute Gasteiger partial charge is 0.220 e. The van der Waals surface area contributed by atoms with Crippen molar-refractivity contribution < 1.29 is 9.53 Å². The van der Waals surface area contributed by atoms with Crippen molar-refractivity contribution in [1.29, 1.82) is 0 Å². The fourth-order valence-corrected chi connectivity index (χ4v) is 3.61. The third-order valence-corrected chi connectivity index (χ3v) is 3.86. The standard InChI is InChI=1S/C19H40N2O2/c1-10-15(22)21-18(6,7)11-12-23-19(8,9)14-16(2,3)13-17(4,5)20/h10-14,20H2,1-9H3,(H,21,22). The Kier molecular flexibility index (Phi) is 7.76. The summed E-state index contributed by atoms with van der Waals surface area (Å²) in [6, 6.07) is 0. The molecule has 0 heterocycles. The number of nitrogens with two attached hydrogens (primary N) is 1. The lowest BCUT2D eigenvalue weighted by molar-refractivity contribution is -0.122. The monoisotopic (exact) mass is 328 g/mol. The van der Waals surface area contributed by atoms with Crippen LogP contribution in [0.4, 0.5) is 0 Å². The molecule has 0 bridgehead atoms. The fraction of sp³-hybridized carbons (Fsp3) is 0.947. The van der Waals surface area contributed by atoms with Gasteiger partial charge in [-0.25, -0.2) is 0 Å². The van der Waals surface area contributed by atoms with Gasteiger partial charge in [0, 0.05) is 24.1 Å². The first-order valence-corrected chi connectivity index (χ1v) is 8.81. The van der Waals surface area contributed by atoms with Gasteiger partial charge in [-0.15, -0.1) is 0 Å². The lowest BCUT2D eigenvalue weighted by Gasteiger charge is -2.39. The zero-order chi connectivity index (χ0) is 18.5. The first-order chi connectivity index (χ1) is 10.1. The van der Waals surface area contributed by atoms with Gasteiger partial charge in [-0.05, 0) is 66.2 Å². The number of rotatable bonds is 10. The summed E-state index contributed by atoms with van der Waals surface area (Å²) >= 11 is 0. The van der Waals surface area contributed by atoms with E-state index in [1.165, 1.54) is 0 Å². The maximum atomic E-state index is 11.5. The summed E-state index contributed by atoms with van der Waals surface area (Å²) in [6.07, 6.45) is 3.21. The van der Waals surface area contributed by atoms with E-state index >= 15 is 0 Å². The Morgan fingerprint density at radius 3 is 1.96 bits per heavy atom. The Labute approximate surface area is 143 Å². The lowest BCUT2D eigenvalue weighted by atomic mass is 9.74. The SMILES string of the molecule is CCC(=O)NC(C)(C)CCOC(C)(C)CC(C)(C)CC(C)(C)N. The van der Waals surface area contributed by atoms with Crippen LogP contribution in [0.2, 0.25) is 0 Å². The average molecular weight is 329 g/mol. The molecule has 0 unspecified atom stereocenters. The van der Waals surface area contributed by atoms with Crippen molar-refractivity contribution in [3.63, 3.8) is 0 Å². The Morgan fingerprint density at radius 1 is 1.00 bits per heavy atom. The second-order valence-electron chi connectivity index (χ2n) is 9.65. The van der Waals surface area contributed by atoms with Gasteiger partial charge in [-0.2, -0.15) is 0 Å². The highest BCUT2D eigenvalue weighted by atomic mass is 16.5. The highest BCUT2D eigenvalue weighted by Crippen LogP contribution is 2.36. The maximum absolute atomic E-state index is 11.5. The van der Waals surface area contributed by atoms with Crippen LogP contribution >= 0.6 is 0 Å². The Morgan fingerprint density at radius 2 is 1.52 bits per heavy atom. The molecular formula is C19H40N2O2. The van der Waals surface area contributed by atoms with E-state index in [9.17, 15) is 4.79 Å². The van der Waals surface area contributed by atoms with Gasteiger partial charge in [-0.3, -0.25) is 4.79 Å². The Balaban J connectivity index is 4.45. The van der Waals surface area contributed by atoms with Gasteiger partial charge in [0.25, 0.3) is 0 Å². The van der Waals surface area contributed by atoms with Crippen molar-refractivity contribution in [3.05, 3.63) is 0 Å². The van der Waals surface area contributed by atoms with E-state index < -0.39 is 0 Å². The molecule has 1 amide bonds. The number of nitrogens with one attached hydrogen (secondary N) is 1. The van der Waals surface area contributed by atoms with Crippen molar-refractivity contribution in [3.8, 4) is 0 Å². The predicted octanol–water partition coefficient (Wildman–Crippen LogP) is 4.02. The molecule has 0 aliphatic carbocycles. The maximum Gasteiger partial charge on any atom is 0.220 e. The first-order valence-electron chi connectivity index (χ1n) is 8.81. The molecule has 0 aliphatic rings. The molecule has 138 valence electrons. The minimum Gasteiger partial charge on any atom is -0.375 e. The number of hydrogen-bond donors (Lipinski definition) is 2. The summed E-state index contributed by atoms with van der Waals surface area (Å²) in [5.74, 6) is 0.0839. The Bertz CT molecular complexity index is 379. The zero-order valence-corrected chi connectivity index (χ0v) is 16.9. The predicted molar refractivity (Wildman–Crippen MR) is 98.4 cm³/mol. The molecule has 0 saturated carbocycles. The molecule has 0 spiro atoms. The molecule has 0 aromatic rings. The van der Waals surface area contributed by atoms with Gasteiger partial charge >= 0.3 is 0 Å². The first kappa shape index (κ1) is 22.4. The topological polar surface area (TPSA) is 64.3 Å². The van der Waals surface area contributed by atoms with Crippen LogP contribution < -0.4 is 11.1 Å². The number of carbonyl (C=O) groups excluding carboxylic acids is 1. The molecule has 0 atom stereocenters. The third kappa shape index (κ3) is 11.5. The van der Waals surface area contributed by atoms with Gasteiger partial charge in [-0.1, -0.05) is 20.8 Å². The van der Waals surface area contributed by atoms with Crippen LogP contribution in [0.5, 0.6) is 0 Å². The second kappa shape index (κ2) is 7.98. The van der Waals surface area contributed by atoms with Crippen LogP contribution in [0.15, 0.2) is 0 Å². The van der Waals surface area contributed by atoms with Crippen molar-refractivity contribution in [1.82, 2.24) is 5.32 Å². The molecule has 0 saturated heterocycles. The van der Waals surface area contributed by atoms with Crippen LogP contribution in [0.3, 0.4) is 0 Å². The van der Waals surface area contributed by atoms with E-state index in [1.807, 2.05) is 20.8 Å². The molecular weight excluding hydrogens is 288 g/mol. The number of amides is 1. The fourth-order valence-electron chi connectivity index (χ4n) is 3.61. The molecule has 3 N–H and O–H groups in total. The minimum absolute atomic E-state index is 0.0839. The molecule has 23 heavy (non-hydrogen) atoms. The van der Waals surface area contributed by atoms with Gasteiger partial charge in [0.05, 0.1) is 5.60 Å². The van der Waals surface area contributed by atoms with E-state index in [2.05, 4.69) is 46.9 Å². The molecule has 0 rings (SSSR count). The molecule has 4 nitrogen and oxygen atoms in total. The number of carbonyl (C=O) groups is 1. The van der Waals surface area contributed by atoms with Crippen LogP contribution in [-0.2, 0) is 9.53 Å². The van der Waals surface area contributed by atoms with Crippen molar-refractivity contribution >= 4 is 5.91 Å². The largest absolute Gasteiger partial charge is 0.375 e. The molecule has 0 aliphatic heterocycles. The number of hydrogen-bond acceptors (Lipinski definition) is 3. The van der Waals surface area contributed by atoms with Gasteiger partial charge in [0.2, 0.25) is 5.91 Å². The van der Waals surface area contributed by atoms with Crippen LogP contribution in [0, 0.1) is 5.41 Å². The van der Waals surface area contributed by atoms with Crippen LogP contribution in [0.1, 0.15) is 88.0 Å². The summed E-state index contributed by atoms with van der Waals surface area (Å²) < 4.78 is 6.14. The van der Waals surface area contributed by atoms with Crippen LogP contribution in [-0.4, -0.2) is 29.2 Å². The van der Waals surface area contributed by atoms with E-state index in [-0.39, 0.29) is 28.0 Å². The van der Waals surface area contributed by atoms with E-state index in [4.69, 9.17) is 10.5 Å². The third-order valence-electron chi connectivity index (χ3n) is 3.86.